The second-order valence-electron chi connectivity index (χ2n) is 6.14. The van der Waals surface area contributed by atoms with Crippen LogP contribution in [0.25, 0.3) is 0 Å². The molecule has 1 aromatic carbocycles. The third-order valence-electron chi connectivity index (χ3n) is 4.78. The van der Waals surface area contributed by atoms with E-state index in [0.29, 0.717) is 34.5 Å². The van der Waals surface area contributed by atoms with Crippen molar-refractivity contribution >= 4 is 29.4 Å². The Kier molecular flexibility index (Phi) is 3.54. The van der Waals surface area contributed by atoms with Gasteiger partial charge >= 0.3 is 0 Å². The predicted molar refractivity (Wildman–Crippen MR) is 85.5 cm³/mol. The van der Waals surface area contributed by atoms with Crippen LogP contribution in [0.5, 0.6) is 5.75 Å². The molecule has 6 heteroatoms. The van der Waals surface area contributed by atoms with E-state index in [1.54, 1.807) is 18.3 Å². The van der Waals surface area contributed by atoms with Crippen molar-refractivity contribution in [3.63, 3.8) is 0 Å². The maximum absolute atomic E-state index is 12.7. The summed E-state index contributed by atoms with van der Waals surface area (Å²) in [6, 6.07) is 3.60. The number of hydrogen-bond acceptors (Lipinski definition) is 4. The summed E-state index contributed by atoms with van der Waals surface area (Å²) in [4.78, 5) is 19.4. The number of carbonyl (C=O) groups is 1. The van der Waals surface area contributed by atoms with Crippen LogP contribution in [0.1, 0.15) is 23.2 Å². The number of hydrogen-bond donors (Lipinski definition) is 1. The molecule has 1 atom stereocenters. The van der Waals surface area contributed by atoms with Gasteiger partial charge in [-0.15, -0.1) is 0 Å². The highest BCUT2D eigenvalue weighted by Gasteiger charge is 2.35. The fraction of sp³-hybridized carbons (Fsp3) is 0.500. The van der Waals surface area contributed by atoms with Crippen molar-refractivity contribution in [2.75, 3.05) is 26.2 Å². The Hall–Kier alpha value is -1.59. The minimum absolute atomic E-state index is 0.116. The molecule has 1 N–H and O–H groups in total. The predicted octanol–water partition coefficient (Wildman–Crippen LogP) is 2.26. The molecule has 1 amide bonds. The first-order chi connectivity index (χ1) is 10.7. The molecule has 1 aromatic rings. The maximum Gasteiger partial charge on any atom is 0.255 e. The van der Waals surface area contributed by atoms with Gasteiger partial charge < -0.3 is 15.0 Å². The zero-order valence-electron chi connectivity index (χ0n) is 12.2. The van der Waals surface area contributed by atoms with Crippen LogP contribution in [0.3, 0.4) is 0 Å². The third kappa shape index (κ3) is 2.48. The Balaban J connectivity index is 1.58. The molecule has 0 aromatic heterocycles. The van der Waals surface area contributed by atoms with Crippen molar-refractivity contribution in [3.05, 3.63) is 22.7 Å². The lowest BCUT2D eigenvalue weighted by atomic mass is 9.84. The molecule has 0 saturated carbocycles. The molecular weight excluding hydrogens is 302 g/mol. The Labute approximate surface area is 134 Å². The second-order valence-corrected chi connectivity index (χ2v) is 6.58. The molecule has 2 bridgehead atoms. The zero-order chi connectivity index (χ0) is 15.1. The van der Waals surface area contributed by atoms with Crippen molar-refractivity contribution in [1.82, 2.24) is 10.2 Å². The number of halogens is 1. The van der Waals surface area contributed by atoms with Crippen LogP contribution in [-0.4, -0.2) is 49.3 Å². The van der Waals surface area contributed by atoms with Crippen molar-refractivity contribution in [2.45, 2.75) is 18.9 Å². The summed E-state index contributed by atoms with van der Waals surface area (Å²) in [6.07, 6.45) is 4.01. The normalized spacial score (nSPS) is 28.9. The number of piperidine rings is 3. The van der Waals surface area contributed by atoms with Crippen LogP contribution < -0.4 is 10.1 Å². The van der Waals surface area contributed by atoms with Gasteiger partial charge in [-0.1, -0.05) is 11.6 Å². The van der Waals surface area contributed by atoms with Gasteiger partial charge in [-0.2, -0.15) is 0 Å². The third-order valence-corrected chi connectivity index (χ3v) is 5.00. The summed E-state index contributed by atoms with van der Waals surface area (Å²) in [5.41, 5.74) is 1.11. The zero-order valence-corrected chi connectivity index (χ0v) is 13.0. The van der Waals surface area contributed by atoms with Crippen molar-refractivity contribution in [2.24, 2.45) is 10.9 Å². The average Bonchev–Trinajstić information content (AvgIpc) is 2.55. The summed E-state index contributed by atoms with van der Waals surface area (Å²) < 4.78 is 5.60. The molecule has 4 heterocycles. The van der Waals surface area contributed by atoms with Gasteiger partial charge in [0.1, 0.15) is 12.3 Å². The van der Waals surface area contributed by atoms with Gasteiger partial charge in [0.25, 0.3) is 5.91 Å². The number of aliphatic imine (C=N–C) groups is 1. The smallest absolute Gasteiger partial charge is 0.255 e. The van der Waals surface area contributed by atoms with Crippen molar-refractivity contribution < 1.29 is 9.53 Å². The first kappa shape index (κ1) is 14.0. The molecule has 4 aliphatic heterocycles. The van der Waals surface area contributed by atoms with Gasteiger partial charge in [0.15, 0.2) is 5.75 Å². The quantitative estimate of drug-likeness (QED) is 0.909. The van der Waals surface area contributed by atoms with E-state index in [2.05, 4.69) is 15.2 Å². The van der Waals surface area contributed by atoms with Crippen LogP contribution in [0, 0.1) is 5.92 Å². The lowest BCUT2D eigenvalue weighted by Gasteiger charge is -2.45. The van der Waals surface area contributed by atoms with Crippen LogP contribution in [0.4, 0.5) is 5.69 Å². The molecular formula is C16H18ClN3O2. The highest BCUT2D eigenvalue weighted by Crippen LogP contribution is 2.37. The largest absolute Gasteiger partial charge is 0.485 e. The molecule has 5 nitrogen and oxygen atoms in total. The Morgan fingerprint density at radius 3 is 2.91 bits per heavy atom. The number of amides is 1. The van der Waals surface area contributed by atoms with Gasteiger partial charge in [-0.3, -0.25) is 9.79 Å². The Bertz CT molecular complexity index is 639. The van der Waals surface area contributed by atoms with E-state index in [9.17, 15) is 4.79 Å². The van der Waals surface area contributed by atoms with E-state index in [1.165, 1.54) is 12.8 Å². The molecule has 3 fully saturated rings. The summed E-state index contributed by atoms with van der Waals surface area (Å²) in [7, 11) is 0. The maximum atomic E-state index is 12.7. The molecule has 3 saturated heterocycles. The van der Waals surface area contributed by atoms with E-state index in [0.717, 1.165) is 19.6 Å². The molecule has 0 radical (unpaired) electrons. The number of nitrogens with one attached hydrogen (secondary N) is 1. The van der Waals surface area contributed by atoms with Gasteiger partial charge in [0.05, 0.1) is 5.56 Å². The molecule has 5 rings (SSSR count). The minimum Gasteiger partial charge on any atom is -0.485 e. The van der Waals surface area contributed by atoms with E-state index in [4.69, 9.17) is 16.3 Å². The Morgan fingerprint density at radius 1 is 1.36 bits per heavy atom. The number of carbonyl (C=O) groups excluding carboxylic acids is 1. The molecule has 22 heavy (non-hydrogen) atoms. The molecule has 1 unspecified atom stereocenters. The van der Waals surface area contributed by atoms with Crippen molar-refractivity contribution in [1.29, 1.82) is 0 Å². The van der Waals surface area contributed by atoms with Gasteiger partial charge in [-0.05, 0) is 44.0 Å². The highest BCUT2D eigenvalue weighted by atomic mass is 35.5. The van der Waals surface area contributed by atoms with Crippen LogP contribution >= 0.6 is 11.6 Å². The number of nitrogens with zero attached hydrogens (tertiary/aromatic N) is 2. The van der Waals surface area contributed by atoms with E-state index < -0.39 is 0 Å². The molecule has 116 valence electrons. The van der Waals surface area contributed by atoms with Crippen molar-refractivity contribution in [3.8, 4) is 5.75 Å². The van der Waals surface area contributed by atoms with Crippen LogP contribution in [0.2, 0.25) is 5.02 Å². The fourth-order valence-corrected chi connectivity index (χ4v) is 3.84. The molecule has 0 spiro atoms. The van der Waals surface area contributed by atoms with Gasteiger partial charge in [0, 0.05) is 23.8 Å². The lowest BCUT2D eigenvalue weighted by molar-refractivity contribution is 0.0619. The van der Waals surface area contributed by atoms with Crippen LogP contribution in [-0.2, 0) is 0 Å². The van der Waals surface area contributed by atoms with Gasteiger partial charge in [0.2, 0.25) is 0 Å². The lowest BCUT2D eigenvalue weighted by Crippen LogP contribution is -2.57. The summed E-state index contributed by atoms with van der Waals surface area (Å²) in [6.45, 7) is 3.63. The number of benzene rings is 1. The van der Waals surface area contributed by atoms with E-state index >= 15 is 0 Å². The molecule has 0 aliphatic carbocycles. The first-order valence-electron chi connectivity index (χ1n) is 7.73. The van der Waals surface area contributed by atoms with E-state index in [-0.39, 0.29) is 11.9 Å². The monoisotopic (exact) mass is 319 g/mol. The Morgan fingerprint density at radius 2 is 2.18 bits per heavy atom. The van der Waals surface area contributed by atoms with E-state index in [1.807, 2.05) is 0 Å². The number of rotatable bonds is 2. The second kappa shape index (κ2) is 5.56. The number of ether oxygens (including phenoxy) is 1. The summed E-state index contributed by atoms with van der Waals surface area (Å²) in [5.74, 6) is 1.00. The standard InChI is InChI=1S/C16H18ClN3O2/c17-11-7-12(15-13(8-11)18-3-6-22-15)16(21)19-14-9-20-4-1-10(14)2-5-20/h3,7-8,10,14H,1-2,4-6,9H2,(H,19,21). The van der Waals surface area contributed by atoms with Crippen LogP contribution in [0.15, 0.2) is 17.1 Å². The fourth-order valence-electron chi connectivity index (χ4n) is 3.63. The average molecular weight is 320 g/mol. The van der Waals surface area contributed by atoms with Gasteiger partial charge in [-0.25, -0.2) is 0 Å². The summed E-state index contributed by atoms with van der Waals surface area (Å²) >= 11 is 6.11. The number of fused-ring (bicyclic) bond motifs is 4. The SMILES string of the molecule is O=C(NC1CN2CCC1CC2)c1cc(Cl)cc2c1OCC=N2. The topological polar surface area (TPSA) is 53.9 Å². The first-order valence-corrected chi connectivity index (χ1v) is 8.10. The highest BCUT2D eigenvalue weighted by molar-refractivity contribution is 6.31. The minimum atomic E-state index is -0.116. The molecule has 4 aliphatic rings. The summed E-state index contributed by atoms with van der Waals surface area (Å²) in [5, 5.41) is 3.67.